The lowest BCUT2D eigenvalue weighted by molar-refractivity contribution is -0.121. The molecule has 1 amide bonds. The van der Waals surface area contributed by atoms with Gasteiger partial charge in [-0.05, 0) is 37.9 Å². The van der Waals surface area contributed by atoms with E-state index >= 15 is 0 Å². The Morgan fingerprint density at radius 3 is 2.72 bits per heavy atom. The Morgan fingerprint density at radius 2 is 2.06 bits per heavy atom. The molecule has 0 aliphatic heterocycles. The second-order valence-corrected chi connectivity index (χ2v) is 4.82. The lowest BCUT2D eigenvalue weighted by Crippen LogP contribution is -2.26. The highest BCUT2D eigenvalue weighted by molar-refractivity contribution is 6.31. The van der Waals surface area contributed by atoms with Gasteiger partial charge in [-0.15, -0.1) is 0 Å². The molecular weight excluding hydrogens is 248 g/mol. The fourth-order valence-corrected chi connectivity index (χ4v) is 2.12. The van der Waals surface area contributed by atoms with Crippen LogP contribution in [0.15, 0.2) is 24.3 Å². The number of nitrogens with one attached hydrogen (secondary N) is 1. The van der Waals surface area contributed by atoms with Crippen LogP contribution >= 0.6 is 11.6 Å². The third kappa shape index (κ3) is 5.07. The van der Waals surface area contributed by atoms with Crippen LogP contribution in [0.4, 0.5) is 0 Å². The second-order valence-electron chi connectivity index (χ2n) is 4.41. The first-order chi connectivity index (χ1) is 8.65. The minimum absolute atomic E-state index is 0.0549. The highest BCUT2D eigenvalue weighted by atomic mass is 35.5. The largest absolute Gasteiger partial charge is 0.350 e. The predicted octanol–water partition coefficient (Wildman–Crippen LogP) is 3.04. The van der Waals surface area contributed by atoms with E-state index in [2.05, 4.69) is 5.32 Å². The first kappa shape index (κ1) is 15.0. The van der Waals surface area contributed by atoms with Crippen molar-refractivity contribution >= 4 is 17.5 Å². The third-order valence-corrected chi connectivity index (χ3v) is 3.20. The molecule has 0 fully saturated rings. The number of carbonyl (C=O) groups excluding carboxylic acids is 1. The zero-order valence-corrected chi connectivity index (χ0v) is 11.5. The van der Waals surface area contributed by atoms with Gasteiger partial charge in [0.2, 0.25) is 5.91 Å². The van der Waals surface area contributed by atoms with Crippen molar-refractivity contribution in [3.63, 3.8) is 0 Å². The summed E-state index contributed by atoms with van der Waals surface area (Å²) in [7, 11) is 0. The summed E-state index contributed by atoms with van der Waals surface area (Å²) in [5.41, 5.74) is 6.36. The quantitative estimate of drug-likeness (QED) is 0.747. The monoisotopic (exact) mass is 268 g/mol. The van der Waals surface area contributed by atoms with Crippen molar-refractivity contribution in [2.45, 2.75) is 38.6 Å². The summed E-state index contributed by atoms with van der Waals surface area (Å²) in [5.74, 6) is 0.0689. The van der Waals surface area contributed by atoms with Crippen molar-refractivity contribution in [1.29, 1.82) is 0 Å². The highest BCUT2D eigenvalue weighted by Crippen LogP contribution is 2.22. The van der Waals surface area contributed by atoms with Crippen LogP contribution in [0.1, 0.15) is 44.2 Å². The van der Waals surface area contributed by atoms with E-state index in [1.54, 1.807) is 0 Å². The molecular formula is C14H21ClN2O. The molecule has 4 heteroatoms. The maximum Gasteiger partial charge on any atom is 0.220 e. The molecule has 0 bridgehead atoms. The first-order valence-electron chi connectivity index (χ1n) is 6.39. The van der Waals surface area contributed by atoms with E-state index in [1.165, 1.54) is 0 Å². The molecule has 0 saturated carbocycles. The molecule has 1 aromatic carbocycles. The Morgan fingerprint density at radius 1 is 1.33 bits per heavy atom. The predicted molar refractivity (Wildman–Crippen MR) is 75.5 cm³/mol. The Hall–Kier alpha value is -1.06. The van der Waals surface area contributed by atoms with E-state index in [1.807, 2.05) is 31.2 Å². The number of halogens is 1. The second kappa shape index (κ2) is 8.11. The Kier molecular flexibility index (Phi) is 6.76. The maximum absolute atomic E-state index is 11.7. The average Bonchev–Trinajstić information content (AvgIpc) is 2.35. The van der Waals surface area contributed by atoms with Crippen molar-refractivity contribution in [1.82, 2.24) is 5.32 Å². The number of hydrogen-bond acceptors (Lipinski definition) is 2. The lowest BCUT2D eigenvalue weighted by Gasteiger charge is -2.15. The number of hydrogen-bond donors (Lipinski definition) is 2. The minimum Gasteiger partial charge on any atom is -0.350 e. The fourth-order valence-electron chi connectivity index (χ4n) is 1.82. The summed E-state index contributed by atoms with van der Waals surface area (Å²) in [4.78, 5) is 11.7. The zero-order valence-electron chi connectivity index (χ0n) is 10.8. The van der Waals surface area contributed by atoms with Crippen molar-refractivity contribution in [3.8, 4) is 0 Å². The van der Waals surface area contributed by atoms with E-state index in [0.717, 1.165) is 24.8 Å². The van der Waals surface area contributed by atoms with Crippen LogP contribution in [-0.4, -0.2) is 12.5 Å². The Bertz CT molecular complexity index is 382. The normalized spacial score (nSPS) is 12.2. The lowest BCUT2D eigenvalue weighted by atomic mass is 10.1. The van der Waals surface area contributed by atoms with Crippen LogP contribution in [0.25, 0.3) is 0 Å². The average molecular weight is 269 g/mol. The molecule has 0 aliphatic rings. The van der Waals surface area contributed by atoms with Gasteiger partial charge in [-0.25, -0.2) is 0 Å². The Labute approximate surface area is 114 Å². The van der Waals surface area contributed by atoms with Gasteiger partial charge in [-0.2, -0.15) is 0 Å². The molecule has 1 atom stereocenters. The number of unbranched alkanes of at least 4 members (excludes halogenated alkanes) is 2. The van der Waals surface area contributed by atoms with Crippen molar-refractivity contribution in [2.75, 3.05) is 6.54 Å². The van der Waals surface area contributed by atoms with E-state index in [-0.39, 0.29) is 11.9 Å². The topological polar surface area (TPSA) is 55.1 Å². The van der Waals surface area contributed by atoms with Gasteiger partial charge in [-0.3, -0.25) is 4.79 Å². The number of amides is 1. The molecule has 0 spiro atoms. The summed E-state index contributed by atoms with van der Waals surface area (Å²) < 4.78 is 0. The summed E-state index contributed by atoms with van der Waals surface area (Å²) in [6, 6.07) is 7.52. The SMILES string of the molecule is C[C@@H](NC(=O)CCCCCN)c1ccccc1Cl. The van der Waals surface area contributed by atoms with Gasteiger partial charge in [-0.1, -0.05) is 36.2 Å². The first-order valence-corrected chi connectivity index (χ1v) is 6.76. The van der Waals surface area contributed by atoms with Crippen LogP contribution in [-0.2, 0) is 4.79 Å². The standard InChI is InChI=1S/C14H21ClN2O/c1-11(12-7-4-5-8-13(12)15)17-14(18)9-3-2-6-10-16/h4-5,7-8,11H,2-3,6,9-10,16H2,1H3,(H,17,18)/t11-/m1/s1. The van der Waals surface area contributed by atoms with Crippen molar-refractivity contribution in [2.24, 2.45) is 5.73 Å². The third-order valence-electron chi connectivity index (χ3n) is 2.86. The van der Waals surface area contributed by atoms with Crippen LogP contribution < -0.4 is 11.1 Å². The van der Waals surface area contributed by atoms with E-state index in [0.29, 0.717) is 18.0 Å². The summed E-state index contributed by atoms with van der Waals surface area (Å²) in [5, 5.41) is 3.65. The van der Waals surface area contributed by atoms with Crippen molar-refractivity contribution in [3.05, 3.63) is 34.9 Å². The number of benzene rings is 1. The molecule has 0 radical (unpaired) electrons. The fraction of sp³-hybridized carbons (Fsp3) is 0.500. The Balaban J connectivity index is 2.38. The van der Waals surface area contributed by atoms with Crippen molar-refractivity contribution < 1.29 is 4.79 Å². The molecule has 0 saturated heterocycles. The molecule has 0 heterocycles. The van der Waals surface area contributed by atoms with Crippen LogP contribution in [0, 0.1) is 0 Å². The molecule has 100 valence electrons. The zero-order chi connectivity index (χ0) is 13.4. The molecule has 3 nitrogen and oxygen atoms in total. The number of rotatable bonds is 7. The van der Waals surface area contributed by atoms with Crippen LogP contribution in [0.3, 0.4) is 0 Å². The summed E-state index contributed by atoms with van der Waals surface area (Å²) in [6.07, 6.45) is 3.42. The molecule has 1 rings (SSSR count). The molecule has 0 unspecified atom stereocenters. The minimum atomic E-state index is -0.0549. The van der Waals surface area contributed by atoms with Gasteiger partial charge in [0, 0.05) is 11.4 Å². The molecule has 18 heavy (non-hydrogen) atoms. The van der Waals surface area contributed by atoms with Gasteiger partial charge < -0.3 is 11.1 Å². The summed E-state index contributed by atoms with van der Waals surface area (Å²) in [6.45, 7) is 2.64. The maximum atomic E-state index is 11.7. The van der Waals surface area contributed by atoms with Gasteiger partial charge in [0.25, 0.3) is 0 Å². The van der Waals surface area contributed by atoms with Crippen LogP contribution in [0.2, 0.25) is 5.02 Å². The van der Waals surface area contributed by atoms with E-state index in [4.69, 9.17) is 17.3 Å². The molecule has 0 aromatic heterocycles. The van der Waals surface area contributed by atoms with Gasteiger partial charge in [0.05, 0.1) is 6.04 Å². The van der Waals surface area contributed by atoms with E-state index < -0.39 is 0 Å². The van der Waals surface area contributed by atoms with Gasteiger partial charge in [0.15, 0.2) is 0 Å². The molecule has 0 aliphatic carbocycles. The molecule has 3 N–H and O–H groups in total. The summed E-state index contributed by atoms with van der Waals surface area (Å²) >= 11 is 6.08. The van der Waals surface area contributed by atoms with Gasteiger partial charge >= 0.3 is 0 Å². The highest BCUT2D eigenvalue weighted by Gasteiger charge is 2.11. The number of nitrogens with two attached hydrogens (primary N) is 1. The van der Waals surface area contributed by atoms with Crippen LogP contribution in [0.5, 0.6) is 0 Å². The number of carbonyl (C=O) groups is 1. The van der Waals surface area contributed by atoms with E-state index in [9.17, 15) is 4.79 Å². The van der Waals surface area contributed by atoms with Gasteiger partial charge in [0.1, 0.15) is 0 Å². The molecule has 1 aromatic rings. The smallest absolute Gasteiger partial charge is 0.220 e.